The molecule has 0 radical (unpaired) electrons. The molecular formula is C28H30FN5O4. The monoisotopic (exact) mass is 519 g/mol. The number of halogens is 1. The van der Waals surface area contributed by atoms with Crippen LogP contribution >= 0.6 is 0 Å². The fraction of sp³-hybridized carbons (Fsp3) is 0.321. The maximum absolute atomic E-state index is 15.1. The van der Waals surface area contributed by atoms with Gasteiger partial charge in [-0.15, -0.1) is 0 Å². The van der Waals surface area contributed by atoms with Gasteiger partial charge >= 0.3 is 0 Å². The first-order valence-electron chi connectivity index (χ1n) is 12.5. The number of benzene rings is 2. The topological polar surface area (TPSA) is 99.5 Å². The molecule has 4 aromatic rings. The molecule has 1 saturated carbocycles. The van der Waals surface area contributed by atoms with Crippen molar-refractivity contribution in [3.05, 3.63) is 60.2 Å². The van der Waals surface area contributed by atoms with E-state index >= 15 is 4.39 Å². The Kier molecular flexibility index (Phi) is 7.30. The Hall–Kier alpha value is -4.34. The smallest absolute Gasteiger partial charge is 0.256 e. The second-order valence-electron chi connectivity index (χ2n) is 9.28. The summed E-state index contributed by atoms with van der Waals surface area (Å²) in [6, 6.07) is 9.80. The molecular weight excluding hydrogens is 489 g/mol. The van der Waals surface area contributed by atoms with Crippen molar-refractivity contribution in [3.63, 3.8) is 0 Å². The van der Waals surface area contributed by atoms with Crippen LogP contribution < -0.4 is 24.8 Å². The van der Waals surface area contributed by atoms with Gasteiger partial charge in [0.25, 0.3) is 5.91 Å². The van der Waals surface area contributed by atoms with Crippen molar-refractivity contribution < 1.29 is 23.4 Å². The molecule has 1 amide bonds. The van der Waals surface area contributed by atoms with E-state index in [1.54, 1.807) is 62.6 Å². The third-order valence-corrected chi connectivity index (χ3v) is 6.64. The maximum atomic E-state index is 15.1. The minimum absolute atomic E-state index is 0.0362. The number of hydrogen-bond acceptors (Lipinski definition) is 7. The molecule has 9 nitrogen and oxygen atoms in total. The van der Waals surface area contributed by atoms with Crippen molar-refractivity contribution in [1.29, 1.82) is 0 Å². The number of hydrogen-bond donors (Lipinski definition) is 2. The second kappa shape index (κ2) is 11.0. The van der Waals surface area contributed by atoms with Crippen molar-refractivity contribution in [2.24, 2.45) is 7.05 Å². The predicted octanol–water partition coefficient (Wildman–Crippen LogP) is 5.72. The number of methoxy groups -OCH3 is 2. The average Bonchev–Trinajstić information content (AvgIpc) is 3.30. The average molecular weight is 520 g/mol. The first-order chi connectivity index (χ1) is 18.4. The lowest BCUT2D eigenvalue weighted by atomic mass is 9.95. The Morgan fingerprint density at radius 3 is 2.50 bits per heavy atom. The largest absolute Gasteiger partial charge is 0.493 e. The molecule has 2 heterocycles. The van der Waals surface area contributed by atoms with Gasteiger partial charge in [-0.3, -0.25) is 14.5 Å². The molecule has 10 heteroatoms. The van der Waals surface area contributed by atoms with Gasteiger partial charge in [-0.05, 0) is 37.1 Å². The van der Waals surface area contributed by atoms with Crippen LogP contribution in [0.15, 0.2) is 48.8 Å². The second-order valence-corrected chi connectivity index (χ2v) is 9.28. The molecule has 5 rings (SSSR count). The Bertz CT molecular complexity index is 1470. The van der Waals surface area contributed by atoms with Crippen molar-refractivity contribution in [3.8, 4) is 23.0 Å². The van der Waals surface area contributed by atoms with E-state index in [1.807, 2.05) is 0 Å². The summed E-state index contributed by atoms with van der Waals surface area (Å²) in [7, 11) is 4.83. The Morgan fingerprint density at radius 2 is 1.76 bits per heavy atom. The van der Waals surface area contributed by atoms with Gasteiger partial charge in [-0.2, -0.15) is 5.10 Å². The molecule has 2 aromatic carbocycles. The third kappa shape index (κ3) is 5.34. The molecule has 0 aliphatic heterocycles. The van der Waals surface area contributed by atoms with Crippen LogP contribution in [0.4, 0.5) is 15.9 Å². The maximum Gasteiger partial charge on any atom is 0.256 e. The van der Waals surface area contributed by atoms with Crippen LogP contribution in [0.2, 0.25) is 0 Å². The van der Waals surface area contributed by atoms with Crippen molar-refractivity contribution >= 4 is 28.3 Å². The minimum Gasteiger partial charge on any atom is -0.493 e. The molecule has 0 unspecified atom stereocenters. The van der Waals surface area contributed by atoms with Gasteiger partial charge < -0.3 is 24.8 Å². The van der Waals surface area contributed by atoms with E-state index < -0.39 is 5.82 Å². The summed E-state index contributed by atoms with van der Waals surface area (Å²) in [5.74, 6) is 1.09. The van der Waals surface area contributed by atoms with E-state index in [-0.39, 0.29) is 17.7 Å². The number of ether oxygens (including phenoxy) is 3. The predicted molar refractivity (Wildman–Crippen MR) is 142 cm³/mol. The fourth-order valence-corrected chi connectivity index (χ4v) is 4.71. The number of nitrogens with zero attached hydrogens (tertiary/aromatic N) is 3. The number of amides is 1. The highest BCUT2D eigenvalue weighted by Crippen LogP contribution is 2.37. The first kappa shape index (κ1) is 25.3. The Labute approximate surface area is 219 Å². The summed E-state index contributed by atoms with van der Waals surface area (Å²) >= 11 is 0. The zero-order chi connectivity index (χ0) is 26.6. The molecule has 2 aromatic heterocycles. The zero-order valence-corrected chi connectivity index (χ0v) is 21.6. The van der Waals surface area contributed by atoms with E-state index in [0.29, 0.717) is 45.2 Å². The van der Waals surface area contributed by atoms with Crippen LogP contribution in [0.5, 0.6) is 23.0 Å². The van der Waals surface area contributed by atoms with E-state index in [1.165, 1.54) is 18.6 Å². The highest BCUT2D eigenvalue weighted by Gasteiger charge is 2.21. The molecule has 198 valence electrons. The third-order valence-electron chi connectivity index (χ3n) is 6.64. The van der Waals surface area contributed by atoms with Crippen LogP contribution in [0.3, 0.4) is 0 Å². The number of nitrogens with one attached hydrogen (secondary N) is 2. The molecule has 38 heavy (non-hydrogen) atoms. The number of pyridine rings is 1. The summed E-state index contributed by atoms with van der Waals surface area (Å²) in [6.07, 6.45) is 8.65. The molecule has 0 spiro atoms. The fourth-order valence-electron chi connectivity index (χ4n) is 4.71. The van der Waals surface area contributed by atoms with E-state index in [4.69, 9.17) is 14.2 Å². The van der Waals surface area contributed by atoms with Crippen LogP contribution in [0.25, 0.3) is 10.9 Å². The van der Waals surface area contributed by atoms with Crippen LogP contribution in [-0.2, 0) is 7.05 Å². The number of carbonyl (C=O) groups excluding carboxylic acids is 1. The van der Waals surface area contributed by atoms with E-state index in [0.717, 1.165) is 25.7 Å². The van der Waals surface area contributed by atoms with Crippen LogP contribution in [0, 0.1) is 5.82 Å². The molecule has 0 saturated heterocycles. The highest BCUT2D eigenvalue weighted by atomic mass is 19.1. The number of rotatable bonds is 8. The highest BCUT2D eigenvalue weighted by molar-refractivity contribution is 5.99. The van der Waals surface area contributed by atoms with Gasteiger partial charge in [0.15, 0.2) is 28.9 Å². The normalized spacial score (nSPS) is 13.8. The van der Waals surface area contributed by atoms with Crippen LogP contribution in [0.1, 0.15) is 42.5 Å². The standard InChI is InChI=1S/C28H30FN5O4/c1-34-16-20(28(35)32-17-7-5-4-6-8-17)27(33-34)31-18-9-10-24(21(29)13-18)38-23-11-12-30-22-15-26(37-3)25(36-2)14-19(22)23/h9-17H,4-8H2,1-3H3,(H,31,33)(H,32,35). The number of anilines is 2. The SMILES string of the molecule is COc1cc2nccc(Oc3ccc(Nc4nn(C)cc4C(=O)NC4CCCCC4)cc3F)c2cc1OC. The number of aryl methyl sites for hydroxylation is 1. The molecule has 0 atom stereocenters. The summed E-state index contributed by atoms with van der Waals surface area (Å²) in [5.41, 5.74) is 1.46. The lowest BCUT2D eigenvalue weighted by Crippen LogP contribution is -2.36. The number of carbonyl (C=O) groups is 1. The van der Waals surface area contributed by atoms with Gasteiger partial charge in [0, 0.05) is 48.7 Å². The van der Waals surface area contributed by atoms with Gasteiger partial charge in [-0.25, -0.2) is 4.39 Å². The summed E-state index contributed by atoms with van der Waals surface area (Å²) in [6.45, 7) is 0. The molecule has 1 aliphatic carbocycles. The van der Waals surface area contributed by atoms with Gasteiger partial charge in [0.1, 0.15) is 11.3 Å². The molecule has 0 bridgehead atoms. The molecule has 2 N–H and O–H groups in total. The Balaban J connectivity index is 1.35. The lowest BCUT2D eigenvalue weighted by Gasteiger charge is -2.22. The van der Waals surface area contributed by atoms with E-state index in [9.17, 15) is 4.79 Å². The lowest BCUT2D eigenvalue weighted by molar-refractivity contribution is 0.0928. The van der Waals surface area contributed by atoms with Gasteiger partial charge in [0.05, 0.1) is 19.7 Å². The quantitative estimate of drug-likeness (QED) is 0.307. The van der Waals surface area contributed by atoms with Crippen molar-refractivity contribution in [1.82, 2.24) is 20.1 Å². The van der Waals surface area contributed by atoms with Gasteiger partial charge in [0.2, 0.25) is 0 Å². The van der Waals surface area contributed by atoms with Crippen molar-refractivity contribution in [2.75, 3.05) is 19.5 Å². The summed E-state index contributed by atoms with van der Waals surface area (Å²) in [5, 5.41) is 11.2. The van der Waals surface area contributed by atoms with Crippen LogP contribution in [-0.4, -0.2) is 40.9 Å². The number of fused-ring (bicyclic) bond motifs is 1. The zero-order valence-electron chi connectivity index (χ0n) is 21.6. The summed E-state index contributed by atoms with van der Waals surface area (Å²) in [4.78, 5) is 17.3. The minimum atomic E-state index is -0.579. The molecule has 1 fully saturated rings. The van der Waals surface area contributed by atoms with E-state index in [2.05, 4.69) is 20.7 Å². The first-order valence-corrected chi connectivity index (χ1v) is 12.5. The number of aromatic nitrogens is 3. The Morgan fingerprint density at radius 1 is 1.00 bits per heavy atom. The molecule has 1 aliphatic rings. The van der Waals surface area contributed by atoms with Gasteiger partial charge in [-0.1, -0.05) is 19.3 Å². The van der Waals surface area contributed by atoms with Crippen molar-refractivity contribution in [2.45, 2.75) is 38.1 Å². The summed E-state index contributed by atoms with van der Waals surface area (Å²) < 4.78 is 33.4.